The van der Waals surface area contributed by atoms with E-state index in [1.54, 1.807) is 7.11 Å². The Labute approximate surface area is 178 Å². The van der Waals surface area contributed by atoms with Crippen LogP contribution in [0.4, 0.5) is 0 Å². The first-order chi connectivity index (χ1) is 14.8. The van der Waals surface area contributed by atoms with E-state index < -0.39 is 0 Å². The molecule has 156 valence electrons. The number of fused-ring (bicyclic) bond motifs is 3. The maximum atomic E-state index is 6.02. The molecule has 5 nitrogen and oxygen atoms in total. The summed E-state index contributed by atoms with van der Waals surface area (Å²) in [7, 11) is 1.67. The van der Waals surface area contributed by atoms with E-state index in [9.17, 15) is 0 Å². The number of pyridine rings is 1. The van der Waals surface area contributed by atoms with E-state index in [-0.39, 0.29) is 0 Å². The average molecular weight is 404 g/mol. The number of ether oxygens (including phenoxy) is 2. The first-order valence-corrected chi connectivity index (χ1v) is 10.9. The van der Waals surface area contributed by atoms with Crippen LogP contribution in [-0.2, 0) is 6.54 Å². The number of hydrogen-bond acceptors (Lipinski definition) is 5. The van der Waals surface area contributed by atoms with Gasteiger partial charge in [0.2, 0.25) is 5.88 Å². The van der Waals surface area contributed by atoms with Crippen molar-refractivity contribution in [2.75, 3.05) is 33.4 Å². The molecular weight excluding hydrogens is 374 g/mol. The Kier molecular flexibility index (Phi) is 5.56. The van der Waals surface area contributed by atoms with Gasteiger partial charge in [-0.05, 0) is 49.7 Å². The first-order valence-electron chi connectivity index (χ1n) is 10.9. The third-order valence-corrected chi connectivity index (χ3v) is 6.40. The molecule has 5 rings (SSSR count). The lowest BCUT2D eigenvalue weighted by molar-refractivity contribution is 0.178. The van der Waals surface area contributed by atoms with Gasteiger partial charge in [0.15, 0.2) is 0 Å². The van der Waals surface area contributed by atoms with Crippen molar-refractivity contribution in [3.05, 3.63) is 65.7 Å². The van der Waals surface area contributed by atoms with Crippen molar-refractivity contribution in [3.8, 4) is 11.6 Å². The summed E-state index contributed by atoms with van der Waals surface area (Å²) < 4.78 is 11.4. The van der Waals surface area contributed by atoms with Crippen LogP contribution < -0.4 is 14.8 Å². The highest BCUT2D eigenvalue weighted by Crippen LogP contribution is 2.39. The Hall–Kier alpha value is -2.63. The number of nitrogens with zero attached hydrogens (tertiary/aromatic N) is 2. The topological polar surface area (TPSA) is 46.6 Å². The summed E-state index contributed by atoms with van der Waals surface area (Å²) in [5, 5.41) is 4.88. The van der Waals surface area contributed by atoms with Crippen molar-refractivity contribution >= 4 is 10.9 Å². The Morgan fingerprint density at radius 3 is 2.67 bits per heavy atom. The number of likely N-dealkylation sites (tertiary alicyclic amines) is 1. The van der Waals surface area contributed by atoms with Gasteiger partial charge in [-0.1, -0.05) is 30.3 Å². The SMILES string of the molecule is COc1ccc2ccc3c(c2n1)C(CN1CCC(NCc2ccccc2)CC1)CO3. The van der Waals surface area contributed by atoms with Crippen LogP contribution in [0.5, 0.6) is 11.6 Å². The molecule has 30 heavy (non-hydrogen) atoms. The molecule has 1 unspecified atom stereocenters. The van der Waals surface area contributed by atoms with E-state index in [4.69, 9.17) is 14.5 Å². The molecule has 0 saturated carbocycles. The number of benzene rings is 2. The molecule has 0 aliphatic carbocycles. The molecule has 1 saturated heterocycles. The molecular formula is C25H29N3O2. The molecule has 2 aliphatic rings. The number of hydrogen-bond donors (Lipinski definition) is 1. The summed E-state index contributed by atoms with van der Waals surface area (Å²) in [6.07, 6.45) is 2.38. The fourth-order valence-corrected chi connectivity index (χ4v) is 4.72. The zero-order valence-electron chi connectivity index (χ0n) is 17.5. The van der Waals surface area contributed by atoms with Crippen molar-refractivity contribution in [2.24, 2.45) is 0 Å². The van der Waals surface area contributed by atoms with Crippen LogP contribution in [0.25, 0.3) is 10.9 Å². The minimum atomic E-state index is 0.358. The van der Waals surface area contributed by atoms with Gasteiger partial charge in [0, 0.05) is 42.1 Å². The molecule has 0 radical (unpaired) electrons. The molecule has 0 spiro atoms. The van der Waals surface area contributed by atoms with Crippen molar-refractivity contribution in [1.82, 2.24) is 15.2 Å². The number of nitrogens with one attached hydrogen (secondary N) is 1. The Bertz CT molecular complexity index is 1000. The Morgan fingerprint density at radius 2 is 1.87 bits per heavy atom. The predicted octanol–water partition coefficient (Wildman–Crippen LogP) is 3.97. The first kappa shape index (κ1) is 19.3. The van der Waals surface area contributed by atoms with E-state index in [1.807, 2.05) is 6.07 Å². The van der Waals surface area contributed by atoms with Crippen LogP contribution in [0, 0.1) is 0 Å². The quantitative estimate of drug-likeness (QED) is 0.675. The van der Waals surface area contributed by atoms with E-state index in [2.05, 4.69) is 58.7 Å². The smallest absolute Gasteiger partial charge is 0.213 e. The number of rotatable bonds is 6. The fraction of sp³-hybridized carbons (Fsp3) is 0.400. The van der Waals surface area contributed by atoms with E-state index in [0.717, 1.165) is 49.4 Å². The Balaban J connectivity index is 1.22. The van der Waals surface area contributed by atoms with Crippen LogP contribution in [0.15, 0.2) is 54.6 Å². The number of aromatic nitrogens is 1. The summed E-state index contributed by atoms with van der Waals surface area (Å²) >= 11 is 0. The van der Waals surface area contributed by atoms with Crippen LogP contribution >= 0.6 is 0 Å². The molecule has 1 fully saturated rings. The molecule has 3 heterocycles. The van der Waals surface area contributed by atoms with Crippen molar-refractivity contribution in [1.29, 1.82) is 0 Å². The highest BCUT2D eigenvalue weighted by atomic mass is 16.5. The van der Waals surface area contributed by atoms with Crippen LogP contribution in [0.1, 0.15) is 29.9 Å². The van der Waals surface area contributed by atoms with Gasteiger partial charge in [-0.25, -0.2) is 4.98 Å². The summed E-state index contributed by atoms with van der Waals surface area (Å²) in [5.41, 5.74) is 3.62. The van der Waals surface area contributed by atoms with Gasteiger partial charge >= 0.3 is 0 Å². The lowest BCUT2D eigenvalue weighted by Gasteiger charge is -2.33. The normalized spacial score (nSPS) is 19.6. The third-order valence-electron chi connectivity index (χ3n) is 6.40. The predicted molar refractivity (Wildman–Crippen MR) is 119 cm³/mol. The molecule has 0 amide bonds. The van der Waals surface area contributed by atoms with Gasteiger partial charge in [0.1, 0.15) is 5.75 Å². The molecule has 2 aliphatic heterocycles. The van der Waals surface area contributed by atoms with Crippen molar-refractivity contribution < 1.29 is 9.47 Å². The number of piperidine rings is 1. The highest BCUT2D eigenvalue weighted by Gasteiger charge is 2.30. The minimum Gasteiger partial charge on any atom is -0.493 e. The molecule has 1 atom stereocenters. The molecule has 0 bridgehead atoms. The van der Waals surface area contributed by atoms with Gasteiger partial charge in [-0.15, -0.1) is 0 Å². The van der Waals surface area contributed by atoms with Gasteiger partial charge in [-0.2, -0.15) is 0 Å². The maximum Gasteiger partial charge on any atom is 0.213 e. The summed E-state index contributed by atoms with van der Waals surface area (Å²) in [6.45, 7) is 4.96. The zero-order valence-corrected chi connectivity index (χ0v) is 17.5. The van der Waals surface area contributed by atoms with Crippen molar-refractivity contribution in [3.63, 3.8) is 0 Å². The van der Waals surface area contributed by atoms with Crippen molar-refractivity contribution in [2.45, 2.75) is 31.3 Å². The van der Waals surface area contributed by atoms with Crippen LogP contribution in [-0.4, -0.2) is 49.3 Å². The average Bonchev–Trinajstić information content (AvgIpc) is 3.22. The second kappa shape index (κ2) is 8.62. The lowest BCUT2D eigenvalue weighted by atomic mass is 9.96. The van der Waals surface area contributed by atoms with Gasteiger partial charge < -0.3 is 19.7 Å². The van der Waals surface area contributed by atoms with Crippen LogP contribution in [0.2, 0.25) is 0 Å². The van der Waals surface area contributed by atoms with Gasteiger partial charge in [0.05, 0.1) is 19.2 Å². The second-order valence-corrected chi connectivity index (χ2v) is 8.35. The molecule has 1 N–H and O–H groups in total. The zero-order chi connectivity index (χ0) is 20.3. The summed E-state index contributed by atoms with van der Waals surface area (Å²) in [5.74, 6) is 2.00. The minimum absolute atomic E-state index is 0.358. The lowest BCUT2D eigenvalue weighted by Crippen LogP contribution is -2.43. The summed E-state index contributed by atoms with van der Waals surface area (Å²) in [6, 6.07) is 19.4. The molecule has 3 aromatic rings. The summed E-state index contributed by atoms with van der Waals surface area (Å²) in [4.78, 5) is 7.33. The largest absolute Gasteiger partial charge is 0.493 e. The fourth-order valence-electron chi connectivity index (χ4n) is 4.72. The third kappa shape index (κ3) is 4.00. The van der Waals surface area contributed by atoms with E-state index in [1.165, 1.54) is 24.0 Å². The Morgan fingerprint density at radius 1 is 1.07 bits per heavy atom. The van der Waals surface area contributed by atoms with Crippen LogP contribution in [0.3, 0.4) is 0 Å². The monoisotopic (exact) mass is 403 g/mol. The second-order valence-electron chi connectivity index (χ2n) is 8.35. The standard InChI is InChI=1S/C25H29N3O2/c1-29-23-10-8-19-7-9-22-24(25(19)27-23)20(17-30-22)16-28-13-11-21(12-14-28)26-15-18-5-3-2-4-6-18/h2-10,20-21,26H,11-17H2,1H3. The van der Waals surface area contributed by atoms with E-state index in [0.29, 0.717) is 17.8 Å². The number of methoxy groups -OCH3 is 1. The molecule has 5 heteroatoms. The van der Waals surface area contributed by atoms with E-state index >= 15 is 0 Å². The van der Waals surface area contributed by atoms with Gasteiger partial charge in [0.25, 0.3) is 0 Å². The highest BCUT2D eigenvalue weighted by molar-refractivity contribution is 5.85. The maximum absolute atomic E-state index is 6.02. The molecule has 1 aromatic heterocycles. The molecule has 2 aromatic carbocycles. The van der Waals surface area contributed by atoms with Gasteiger partial charge in [-0.3, -0.25) is 0 Å².